The molecule has 4 aliphatic rings. The zero-order valence-corrected chi connectivity index (χ0v) is 21.9. The number of carbonyl (C=O) groups is 1. The second-order valence-corrected chi connectivity index (χ2v) is 11.4. The van der Waals surface area contributed by atoms with E-state index < -0.39 is 0 Å². The Kier molecular flexibility index (Phi) is 6.20. The summed E-state index contributed by atoms with van der Waals surface area (Å²) in [4.78, 5) is 18.9. The van der Waals surface area contributed by atoms with Crippen molar-refractivity contribution in [1.82, 2.24) is 15.2 Å². The van der Waals surface area contributed by atoms with Crippen LogP contribution < -0.4 is 10.2 Å². The summed E-state index contributed by atoms with van der Waals surface area (Å²) in [5, 5.41) is 5.74. The molecule has 1 unspecified atom stereocenters. The van der Waals surface area contributed by atoms with Crippen molar-refractivity contribution in [3.8, 4) is 5.75 Å². The van der Waals surface area contributed by atoms with E-state index in [-0.39, 0.29) is 17.6 Å². The van der Waals surface area contributed by atoms with Gasteiger partial charge in [-0.1, -0.05) is 74.3 Å². The number of hydrazone groups is 1. The van der Waals surface area contributed by atoms with Gasteiger partial charge in [0, 0.05) is 28.8 Å². The zero-order valence-electron chi connectivity index (χ0n) is 21.1. The maximum Gasteiger partial charge on any atom is 0.255 e. The first-order chi connectivity index (χ1) is 17.6. The van der Waals surface area contributed by atoms with Crippen molar-refractivity contribution in [2.45, 2.75) is 64.7 Å². The van der Waals surface area contributed by atoms with Crippen LogP contribution in [0.2, 0.25) is 0 Å². The molecule has 2 aromatic carbocycles. The van der Waals surface area contributed by atoms with Crippen LogP contribution in [0.25, 0.3) is 5.70 Å². The maximum atomic E-state index is 14.6. The molecule has 36 heavy (non-hydrogen) atoms. The molecule has 0 radical (unpaired) electrons. The van der Waals surface area contributed by atoms with Gasteiger partial charge >= 0.3 is 0 Å². The number of hydrogen-bond donors (Lipinski definition) is 1. The number of fused-ring (bicyclic) bond motifs is 5. The third-order valence-electron chi connectivity index (χ3n) is 8.06. The van der Waals surface area contributed by atoms with Crippen LogP contribution in [-0.2, 0) is 17.8 Å². The minimum atomic E-state index is -0.329. The molecule has 188 valence electrons. The Morgan fingerprint density at radius 2 is 1.89 bits per heavy atom. The van der Waals surface area contributed by atoms with Crippen LogP contribution in [0.3, 0.4) is 0 Å². The molecule has 1 amide bonds. The van der Waals surface area contributed by atoms with E-state index in [0.29, 0.717) is 6.54 Å². The van der Waals surface area contributed by atoms with Crippen LogP contribution in [0.5, 0.6) is 5.75 Å². The van der Waals surface area contributed by atoms with E-state index in [1.807, 2.05) is 17.0 Å². The van der Waals surface area contributed by atoms with E-state index in [9.17, 15) is 4.79 Å². The third-order valence-corrected chi connectivity index (χ3v) is 9.22. The number of hydrogen-bond acceptors (Lipinski definition) is 6. The average Bonchev–Trinajstić information content (AvgIpc) is 3.33. The Hall–Kier alpha value is -2.93. The van der Waals surface area contributed by atoms with Gasteiger partial charge in [0.05, 0.1) is 12.8 Å². The highest BCUT2D eigenvalue weighted by molar-refractivity contribution is 8.13. The summed E-state index contributed by atoms with van der Waals surface area (Å²) in [6.07, 6.45) is 7.45. The Balaban J connectivity index is 1.49. The Morgan fingerprint density at radius 3 is 2.64 bits per heavy atom. The van der Waals surface area contributed by atoms with Gasteiger partial charge in [-0.2, -0.15) is 5.10 Å². The number of methoxy groups -OCH3 is 1. The molecule has 1 atom stereocenters. The molecule has 1 N–H and O–H groups in total. The predicted molar refractivity (Wildman–Crippen MR) is 145 cm³/mol. The molecule has 2 aliphatic carbocycles. The molecule has 2 aromatic rings. The number of nitrogens with zero attached hydrogens (tertiary/aromatic N) is 3. The van der Waals surface area contributed by atoms with Gasteiger partial charge in [0.1, 0.15) is 5.75 Å². The number of benzene rings is 2. The Bertz CT molecular complexity index is 1220. The first-order valence-electron chi connectivity index (χ1n) is 13.2. The molecule has 0 bridgehead atoms. The molecule has 7 heteroatoms. The molecule has 1 fully saturated rings. The van der Waals surface area contributed by atoms with Gasteiger partial charge in [-0.05, 0) is 48.9 Å². The molecule has 0 saturated heterocycles. The fourth-order valence-electron chi connectivity index (χ4n) is 6.37. The Labute approximate surface area is 217 Å². The second-order valence-electron chi connectivity index (χ2n) is 10.3. The van der Waals surface area contributed by atoms with Crippen LogP contribution in [0, 0.1) is 5.41 Å². The monoisotopic (exact) mass is 502 g/mol. The molecular formula is C29H34N4O2S. The summed E-state index contributed by atoms with van der Waals surface area (Å²) in [6, 6.07) is 16.7. The summed E-state index contributed by atoms with van der Waals surface area (Å²) in [7, 11) is 1.68. The van der Waals surface area contributed by atoms with Crippen molar-refractivity contribution in [1.29, 1.82) is 0 Å². The predicted octanol–water partition coefficient (Wildman–Crippen LogP) is 5.56. The first-order valence-corrected chi connectivity index (χ1v) is 14.2. The van der Waals surface area contributed by atoms with Crippen molar-refractivity contribution in [3.05, 3.63) is 70.8 Å². The van der Waals surface area contributed by atoms with Gasteiger partial charge in [0.15, 0.2) is 5.17 Å². The zero-order chi connectivity index (χ0) is 24.7. The number of ether oxygens (including phenoxy) is 1. The van der Waals surface area contributed by atoms with Crippen molar-refractivity contribution in [2.75, 3.05) is 12.9 Å². The third kappa shape index (κ3) is 3.79. The fourth-order valence-corrected chi connectivity index (χ4v) is 7.20. The minimum absolute atomic E-state index is 0.106. The lowest BCUT2D eigenvalue weighted by molar-refractivity contribution is -0.136. The smallest absolute Gasteiger partial charge is 0.255 e. The molecule has 0 aromatic heterocycles. The number of amidine groups is 1. The summed E-state index contributed by atoms with van der Waals surface area (Å²) in [5.74, 6) is 1.97. The van der Waals surface area contributed by atoms with Gasteiger partial charge in [-0.3, -0.25) is 20.0 Å². The molecule has 2 heterocycles. The number of nitrogens with one attached hydrogen (secondary N) is 1. The number of amides is 1. The van der Waals surface area contributed by atoms with E-state index in [1.165, 1.54) is 30.4 Å². The standard InChI is InChI=1S/C29H34N4O2S/c1-3-17-36-28-31-30-27-32(19-20-11-13-22(35-2)14-12-20)26(34)24-25(33(27)28)23-10-6-5-9-21(23)18-29(24)15-7-4-8-16-29/h5-6,9-14,27,30H,3-4,7-8,15-19H2,1-2H3. The number of thioether (sulfide) groups is 1. The van der Waals surface area contributed by atoms with Gasteiger partial charge in [-0.25, -0.2) is 0 Å². The van der Waals surface area contributed by atoms with Crippen LogP contribution in [-0.4, -0.2) is 40.0 Å². The van der Waals surface area contributed by atoms with Crippen molar-refractivity contribution < 1.29 is 9.53 Å². The highest BCUT2D eigenvalue weighted by Gasteiger charge is 2.53. The van der Waals surface area contributed by atoms with E-state index >= 15 is 0 Å². The van der Waals surface area contributed by atoms with Crippen molar-refractivity contribution >= 4 is 28.5 Å². The molecule has 2 aliphatic heterocycles. The van der Waals surface area contributed by atoms with Gasteiger partial charge in [0.25, 0.3) is 5.91 Å². The summed E-state index contributed by atoms with van der Waals surface area (Å²) < 4.78 is 5.35. The lowest BCUT2D eigenvalue weighted by Gasteiger charge is -2.51. The number of rotatable bonds is 5. The fraction of sp³-hybridized carbons (Fsp3) is 0.448. The highest BCUT2D eigenvalue weighted by Crippen LogP contribution is 2.55. The van der Waals surface area contributed by atoms with Crippen molar-refractivity contribution in [2.24, 2.45) is 10.5 Å². The summed E-state index contributed by atoms with van der Waals surface area (Å²) in [6.45, 7) is 2.72. The Morgan fingerprint density at radius 1 is 1.11 bits per heavy atom. The van der Waals surface area contributed by atoms with Gasteiger partial charge in [0.2, 0.25) is 6.29 Å². The first kappa shape index (κ1) is 23.5. The van der Waals surface area contributed by atoms with Crippen LogP contribution in [0.4, 0.5) is 0 Å². The van der Waals surface area contributed by atoms with E-state index in [0.717, 1.165) is 59.2 Å². The lowest BCUT2D eigenvalue weighted by Crippen LogP contribution is -2.60. The minimum Gasteiger partial charge on any atom is -0.497 e. The van der Waals surface area contributed by atoms with Gasteiger partial charge in [-0.15, -0.1) is 0 Å². The molecule has 6 nitrogen and oxygen atoms in total. The molecule has 1 saturated carbocycles. The van der Waals surface area contributed by atoms with E-state index in [2.05, 4.69) is 53.6 Å². The second kappa shape index (κ2) is 9.51. The highest BCUT2D eigenvalue weighted by atomic mass is 32.2. The van der Waals surface area contributed by atoms with E-state index in [1.54, 1.807) is 18.9 Å². The normalized spacial score (nSPS) is 22.1. The van der Waals surface area contributed by atoms with Crippen LogP contribution >= 0.6 is 11.8 Å². The summed E-state index contributed by atoms with van der Waals surface area (Å²) in [5.41, 5.74) is 8.97. The summed E-state index contributed by atoms with van der Waals surface area (Å²) >= 11 is 1.77. The SMILES string of the molecule is CCCSC1=NNC2N(Cc3ccc(OC)cc3)C(=O)C3=C(c4ccccc4CC34CCCCC4)N12. The average molecular weight is 503 g/mol. The van der Waals surface area contributed by atoms with Crippen LogP contribution in [0.1, 0.15) is 62.1 Å². The lowest BCUT2D eigenvalue weighted by atomic mass is 9.61. The van der Waals surface area contributed by atoms with E-state index in [4.69, 9.17) is 9.84 Å². The molecule has 6 rings (SSSR count). The van der Waals surface area contributed by atoms with Gasteiger partial charge < -0.3 is 4.74 Å². The molecular weight excluding hydrogens is 468 g/mol. The maximum absolute atomic E-state index is 14.6. The largest absolute Gasteiger partial charge is 0.497 e. The van der Waals surface area contributed by atoms with Crippen molar-refractivity contribution in [3.63, 3.8) is 0 Å². The van der Waals surface area contributed by atoms with Crippen LogP contribution in [0.15, 0.2) is 59.2 Å². The number of carbonyl (C=O) groups excluding carboxylic acids is 1. The quantitative estimate of drug-likeness (QED) is 0.580. The molecule has 1 spiro atoms. The topological polar surface area (TPSA) is 57.2 Å².